The fraction of sp³-hybridized carbons (Fsp3) is 0.280. The van der Waals surface area contributed by atoms with E-state index in [2.05, 4.69) is 16.5 Å². The summed E-state index contributed by atoms with van der Waals surface area (Å²) in [6.07, 6.45) is 3.32. The number of carbonyl (C=O) groups is 3. The summed E-state index contributed by atoms with van der Waals surface area (Å²) >= 11 is 0. The highest BCUT2D eigenvalue weighted by atomic mass is 16.5. The molecule has 0 saturated carbocycles. The number of benzene rings is 2. The molecule has 1 aromatic heterocycles. The molecule has 166 valence electrons. The predicted molar refractivity (Wildman–Crippen MR) is 119 cm³/mol. The number of hydrogen-bond donors (Lipinski definition) is 1. The molecule has 0 bridgehead atoms. The van der Waals surface area contributed by atoms with Crippen molar-refractivity contribution in [3.05, 3.63) is 59.3 Å². The maximum Gasteiger partial charge on any atom is 0.255 e. The van der Waals surface area contributed by atoms with Crippen molar-refractivity contribution in [2.24, 2.45) is 7.05 Å². The number of fused-ring (bicyclic) bond motifs is 2. The lowest BCUT2D eigenvalue weighted by Crippen LogP contribution is -2.52. The maximum atomic E-state index is 13.0. The van der Waals surface area contributed by atoms with Crippen LogP contribution in [0.5, 0.6) is 5.75 Å². The van der Waals surface area contributed by atoms with Crippen LogP contribution in [-0.2, 0) is 29.6 Å². The van der Waals surface area contributed by atoms with E-state index in [1.54, 1.807) is 4.90 Å². The van der Waals surface area contributed by atoms with Crippen molar-refractivity contribution >= 4 is 17.7 Å². The molecule has 1 saturated heterocycles. The van der Waals surface area contributed by atoms with E-state index in [1.165, 1.54) is 5.56 Å². The van der Waals surface area contributed by atoms with Crippen LogP contribution in [0, 0.1) is 0 Å². The van der Waals surface area contributed by atoms with Crippen LogP contribution in [0.3, 0.4) is 0 Å². The number of piperidine rings is 1. The molecule has 1 fully saturated rings. The Labute approximate surface area is 190 Å². The molecule has 8 nitrogen and oxygen atoms in total. The first-order chi connectivity index (χ1) is 16.0. The van der Waals surface area contributed by atoms with Crippen molar-refractivity contribution in [2.45, 2.75) is 31.8 Å². The largest absolute Gasteiger partial charge is 0.492 e. The van der Waals surface area contributed by atoms with E-state index in [9.17, 15) is 14.4 Å². The van der Waals surface area contributed by atoms with Gasteiger partial charge in [0.15, 0.2) is 0 Å². The third kappa shape index (κ3) is 3.05. The molecule has 1 unspecified atom stereocenters. The number of amides is 3. The molecule has 3 amide bonds. The van der Waals surface area contributed by atoms with Gasteiger partial charge in [-0.25, -0.2) is 0 Å². The van der Waals surface area contributed by atoms with E-state index in [0.29, 0.717) is 25.1 Å². The molecule has 33 heavy (non-hydrogen) atoms. The monoisotopic (exact) mass is 442 g/mol. The Morgan fingerprint density at radius 1 is 1.03 bits per heavy atom. The van der Waals surface area contributed by atoms with Crippen molar-refractivity contribution in [3.63, 3.8) is 0 Å². The molecule has 1 N–H and O–H groups in total. The molecular formula is C25H22N4O4. The Hall–Kier alpha value is -3.94. The van der Waals surface area contributed by atoms with E-state index >= 15 is 0 Å². The third-order valence-corrected chi connectivity index (χ3v) is 6.74. The zero-order valence-electron chi connectivity index (χ0n) is 18.1. The number of aromatic nitrogens is 2. The Morgan fingerprint density at radius 3 is 2.76 bits per heavy atom. The number of imide groups is 1. The predicted octanol–water partition coefficient (Wildman–Crippen LogP) is 2.45. The minimum Gasteiger partial charge on any atom is -0.492 e. The van der Waals surface area contributed by atoms with E-state index < -0.39 is 11.9 Å². The van der Waals surface area contributed by atoms with Crippen LogP contribution in [0.4, 0.5) is 0 Å². The lowest BCUT2D eigenvalue weighted by molar-refractivity contribution is -0.136. The van der Waals surface area contributed by atoms with Gasteiger partial charge >= 0.3 is 0 Å². The first-order valence-electron chi connectivity index (χ1n) is 11.1. The number of nitrogens with zero attached hydrogens (tertiary/aromatic N) is 3. The first kappa shape index (κ1) is 19.7. The molecule has 6 rings (SSSR count). The highest BCUT2D eigenvalue weighted by Gasteiger charge is 2.39. The summed E-state index contributed by atoms with van der Waals surface area (Å²) < 4.78 is 7.78. The lowest BCUT2D eigenvalue weighted by Gasteiger charge is -2.29. The van der Waals surface area contributed by atoms with E-state index in [-0.39, 0.29) is 18.2 Å². The van der Waals surface area contributed by atoms with Crippen LogP contribution < -0.4 is 10.1 Å². The minimum absolute atomic E-state index is 0.174. The number of rotatable bonds is 3. The summed E-state index contributed by atoms with van der Waals surface area (Å²) in [5, 5.41) is 6.85. The van der Waals surface area contributed by atoms with Crippen molar-refractivity contribution in [1.29, 1.82) is 0 Å². The highest BCUT2D eigenvalue weighted by Crippen LogP contribution is 2.41. The second-order valence-corrected chi connectivity index (χ2v) is 8.69. The summed E-state index contributed by atoms with van der Waals surface area (Å²) in [6.45, 7) is 1.02. The topological polar surface area (TPSA) is 93.5 Å². The summed E-state index contributed by atoms with van der Waals surface area (Å²) in [5.41, 5.74) is 6.52. The number of para-hydroxylation sites is 1. The average Bonchev–Trinajstić information content (AvgIpc) is 3.51. The molecule has 4 heterocycles. The number of hydrogen-bond acceptors (Lipinski definition) is 5. The summed E-state index contributed by atoms with van der Waals surface area (Å²) in [4.78, 5) is 38.4. The lowest BCUT2D eigenvalue weighted by atomic mass is 9.96. The van der Waals surface area contributed by atoms with Gasteiger partial charge in [0.05, 0.1) is 18.5 Å². The van der Waals surface area contributed by atoms with Gasteiger partial charge in [-0.1, -0.05) is 18.2 Å². The molecule has 3 aliphatic rings. The van der Waals surface area contributed by atoms with Crippen LogP contribution in [-0.4, -0.2) is 45.1 Å². The van der Waals surface area contributed by atoms with Gasteiger partial charge in [-0.15, -0.1) is 0 Å². The van der Waals surface area contributed by atoms with Crippen LogP contribution in [0.15, 0.2) is 42.6 Å². The fourth-order valence-corrected chi connectivity index (χ4v) is 5.11. The molecule has 8 heteroatoms. The minimum atomic E-state index is -0.621. The zero-order chi connectivity index (χ0) is 22.7. The van der Waals surface area contributed by atoms with E-state index in [0.717, 1.165) is 40.1 Å². The normalized spacial score (nSPS) is 19.4. The molecule has 3 aromatic rings. The average molecular weight is 442 g/mol. The van der Waals surface area contributed by atoms with Gasteiger partial charge in [0.1, 0.15) is 11.8 Å². The molecule has 0 radical (unpaired) electrons. The van der Waals surface area contributed by atoms with E-state index in [1.807, 2.05) is 48.3 Å². The van der Waals surface area contributed by atoms with Gasteiger partial charge in [-0.05, 0) is 41.3 Å². The fourth-order valence-electron chi connectivity index (χ4n) is 5.11. The number of carbonyl (C=O) groups excluding carboxylic acids is 3. The van der Waals surface area contributed by atoms with Crippen LogP contribution in [0.1, 0.15) is 34.3 Å². The van der Waals surface area contributed by atoms with Crippen molar-refractivity contribution in [3.8, 4) is 28.1 Å². The van der Waals surface area contributed by atoms with Gasteiger partial charge in [-0.3, -0.25) is 24.4 Å². The summed E-state index contributed by atoms with van der Waals surface area (Å²) in [7, 11) is 1.91. The van der Waals surface area contributed by atoms with Crippen molar-refractivity contribution < 1.29 is 19.1 Å². The third-order valence-electron chi connectivity index (χ3n) is 6.74. The number of ether oxygens (including phenoxy) is 1. The van der Waals surface area contributed by atoms with E-state index in [4.69, 9.17) is 4.74 Å². The first-order valence-corrected chi connectivity index (χ1v) is 11.1. The van der Waals surface area contributed by atoms with Gasteiger partial charge in [-0.2, -0.15) is 5.10 Å². The Morgan fingerprint density at radius 2 is 1.91 bits per heavy atom. The molecule has 0 spiro atoms. The molecule has 1 atom stereocenters. The number of aryl methyl sites for hydroxylation is 1. The quantitative estimate of drug-likeness (QED) is 0.629. The Kier molecular flexibility index (Phi) is 4.36. The maximum absolute atomic E-state index is 13.0. The highest BCUT2D eigenvalue weighted by molar-refractivity contribution is 6.05. The van der Waals surface area contributed by atoms with Crippen LogP contribution in [0.2, 0.25) is 0 Å². The summed E-state index contributed by atoms with van der Waals surface area (Å²) in [5.74, 6) is 0.0396. The molecular weight excluding hydrogens is 420 g/mol. The Bertz CT molecular complexity index is 1340. The van der Waals surface area contributed by atoms with Gasteiger partial charge in [0, 0.05) is 43.1 Å². The smallest absolute Gasteiger partial charge is 0.255 e. The van der Waals surface area contributed by atoms with Crippen molar-refractivity contribution in [2.75, 3.05) is 6.61 Å². The SMILES string of the molecule is Cn1ncc(-c2ccc3c(c2)CN(C2CCC(=O)NC2=O)C3=O)c1-c1cccc2c1OCC2. The Balaban J connectivity index is 1.37. The number of nitrogens with one attached hydrogen (secondary N) is 1. The van der Waals surface area contributed by atoms with Gasteiger partial charge in [0.2, 0.25) is 11.8 Å². The van der Waals surface area contributed by atoms with Gasteiger partial charge < -0.3 is 9.64 Å². The second-order valence-electron chi connectivity index (χ2n) is 8.69. The molecule has 0 aliphatic carbocycles. The van der Waals surface area contributed by atoms with Gasteiger partial charge in [0.25, 0.3) is 5.91 Å². The summed E-state index contributed by atoms with van der Waals surface area (Å²) in [6, 6.07) is 11.3. The second kappa shape index (κ2) is 7.30. The standard InChI is InChI=1S/C25H22N4O4/c1-28-22(18-4-2-3-14-9-10-33-23(14)18)19(12-26-28)15-5-6-17-16(11-15)13-29(25(17)32)20-7-8-21(30)27-24(20)31/h2-6,11-12,20H,7-10,13H2,1H3,(H,27,30,31). The molecule has 2 aromatic carbocycles. The van der Waals surface area contributed by atoms with Crippen molar-refractivity contribution in [1.82, 2.24) is 20.0 Å². The van der Waals surface area contributed by atoms with Crippen LogP contribution >= 0.6 is 0 Å². The zero-order valence-corrected chi connectivity index (χ0v) is 18.1. The van der Waals surface area contributed by atoms with Crippen LogP contribution in [0.25, 0.3) is 22.4 Å². The molecule has 3 aliphatic heterocycles.